The highest BCUT2D eigenvalue weighted by atomic mass is 32.2. The summed E-state index contributed by atoms with van der Waals surface area (Å²) in [5.41, 5.74) is -1.27. The van der Waals surface area contributed by atoms with Crippen LogP contribution in [0.5, 0.6) is 11.6 Å². The molecule has 0 fully saturated rings. The molecule has 0 saturated heterocycles. The lowest BCUT2D eigenvalue weighted by atomic mass is 10.4. The maximum Gasteiger partial charge on any atom is 0.573 e. The molecule has 0 aliphatic heterocycles. The lowest BCUT2D eigenvalue weighted by molar-refractivity contribution is -0.388. The van der Waals surface area contributed by atoms with Crippen LogP contribution in [0.2, 0.25) is 0 Å². The smallest absolute Gasteiger partial charge is 0.478 e. The summed E-state index contributed by atoms with van der Waals surface area (Å²) in [5, 5.41) is 14.1. The molecule has 0 aliphatic rings. The van der Waals surface area contributed by atoms with Crippen LogP contribution in [0, 0.1) is 10.1 Å². The second-order valence-electron chi connectivity index (χ2n) is 3.17. The number of halogens is 3. The number of rotatable bonds is 4. The minimum absolute atomic E-state index is 0.207. The number of ether oxygens (including phenoxy) is 2. The zero-order chi connectivity index (χ0) is 15.7. The first kappa shape index (κ1) is 15.9. The lowest BCUT2D eigenvalue weighted by Crippen LogP contribution is -2.20. The van der Waals surface area contributed by atoms with Crippen molar-refractivity contribution in [1.29, 1.82) is 0 Å². The maximum absolute atomic E-state index is 12.1. The first-order chi connectivity index (χ1) is 8.95. The van der Waals surface area contributed by atoms with Crippen LogP contribution in [0.1, 0.15) is 0 Å². The molecule has 0 atom stereocenters. The van der Waals surface area contributed by atoms with Crippen LogP contribution in [0.3, 0.4) is 0 Å². The van der Waals surface area contributed by atoms with Crippen molar-refractivity contribution in [2.75, 3.05) is 7.11 Å². The van der Waals surface area contributed by atoms with Crippen molar-refractivity contribution in [1.82, 2.24) is 4.98 Å². The Balaban J connectivity index is 3.58. The molecule has 2 N–H and O–H groups in total. The summed E-state index contributed by atoms with van der Waals surface area (Å²) in [5.74, 6) is -2.09. The molecule has 1 aromatic heterocycles. The number of alkyl halides is 3. The van der Waals surface area contributed by atoms with Gasteiger partial charge in [0.05, 0.1) is 18.1 Å². The highest BCUT2D eigenvalue weighted by Gasteiger charge is 2.36. The van der Waals surface area contributed by atoms with Crippen LogP contribution in [0.25, 0.3) is 0 Å². The largest absolute Gasteiger partial charge is 0.573 e. The van der Waals surface area contributed by atoms with Crippen LogP contribution < -0.4 is 14.6 Å². The van der Waals surface area contributed by atoms with E-state index in [1.165, 1.54) is 0 Å². The number of primary sulfonamides is 1. The van der Waals surface area contributed by atoms with Gasteiger partial charge in [-0.1, -0.05) is 0 Å². The van der Waals surface area contributed by atoms with Crippen molar-refractivity contribution < 1.29 is 36.0 Å². The van der Waals surface area contributed by atoms with E-state index in [4.69, 9.17) is 0 Å². The highest BCUT2D eigenvalue weighted by Crippen LogP contribution is 2.36. The van der Waals surface area contributed by atoms with Crippen molar-refractivity contribution in [2.45, 2.75) is 11.4 Å². The SMILES string of the molecule is COc1nc(S(N)(=O)=O)c([N+](=O)[O-])cc1OC(F)(F)F. The van der Waals surface area contributed by atoms with Crippen molar-refractivity contribution in [3.05, 3.63) is 16.2 Å². The second-order valence-corrected chi connectivity index (χ2v) is 4.65. The number of nitrogens with two attached hydrogens (primary N) is 1. The minimum atomic E-state index is -5.17. The van der Waals surface area contributed by atoms with Gasteiger partial charge in [0, 0.05) is 0 Å². The molecule has 1 rings (SSSR count). The number of hydrogen-bond acceptors (Lipinski definition) is 7. The van der Waals surface area contributed by atoms with Crippen LogP contribution in [0.15, 0.2) is 11.1 Å². The summed E-state index contributed by atoms with van der Waals surface area (Å²) in [6.45, 7) is 0. The second kappa shape index (κ2) is 5.09. The van der Waals surface area contributed by atoms with E-state index in [0.29, 0.717) is 0 Å². The molecular formula is C7H6F3N3O6S. The maximum atomic E-state index is 12.1. The predicted molar refractivity (Wildman–Crippen MR) is 55.5 cm³/mol. The van der Waals surface area contributed by atoms with Crippen LogP contribution in [0.4, 0.5) is 18.9 Å². The number of sulfonamides is 1. The number of nitrogens with zero attached hydrogens (tertiary/aromatic N) is 2. The Morgan fingerprint density at radius 1 is 1.45 bits per heavy atom. The van der Waals surface area contributed by atoms with E-state index in [0.717, 1.165) is 7.11 Å². The Morgan fingerprint density at radius 3 is 2.35 bits per heavy atom. The van der Waals surface area contributed by atoms with Gasteiger partial charge in [-0.2, -0.15) is 4.98 Å². The molecule has 0 aliphatic carbocycles. The average Bonchev–Trinajstić information content (AvgIpc) is 2.24. The van der Waals surface area contributed by atoms with Gasteiger partial charge in [0.2, 0.25) is 0 Å². The molecule has 9 nitrogen and oxygen atoms in total. The molecule has 20 heavy (non-hydrogen) atoms. The topological polar surface area (TPSA) is 135 Å². The van der Waals surface area contributed by atoms with Gasteiger partial charge in [0.1, 0.15) is 0 Å². The van der Waals surface area contributed by atoms with Gasteiger partial charge >= 0.3 is 12.0 Å². The normalized spacial score (nSPS) is 12.1. The molecule has 0 bridgehead atoms. The van der Waals surface area contributed by atoms with E-state index in [9.17, 15) is 31.7 Å². The monoisotopic (exact) mass is 317 g/mol. The number of aromatic nitrogens is 1. The molecule has 1 heterocycles. The Morgan fingerprint density at radius 2 is 2.00 bits per heavy atom. The summed E-state index contributed by atoms with van der Waals surface area (Å²) in [7, 11) is -3.78. The first-order valence-corrected chi connectivity index (χ1v) is 6.02. The molecule has 0 amide bonds. The molecule has 0 aromatic carbocycles. The Kier molecular flexibility index (Phi) is 4.04. The molecule has 1 aromatic rings. The standard InChI is InChI=1S/C7H6F3N3O6S/c1-18-5-4(19-7(8,9)10)2-3(13(14)15)6(12-5)20(11,16)17/h2H,1H3,(H2,11,16,17). The van der Waals surface area contributed by atoms with E-state index in [1.54, 1.807) is 0 Å². The number of pyridine rings is 1. The van der Waals surface area contributed by atoms with Crippen LogP contribution >= 0.6 is 0 Å². The van der Waals surface area contributed by atoms with Gasteiger partial charge in [-0.3, -0.25) is 10.1 Å². The van der Waals surface area contributed by atoms with Gasteiger partial charge in [-0.25, -0.2) is 13.6 Å². The van der Waals surface area contributed by atoms with Crippen molar-refractivity contribution in [3.8, 4) is 11.6 Å². The third-order valence-electron chi connectivity index (χ3n) is 1.79. The Bertz CT molecular complexity index is 644. The molecule has 112 valence electrons. The lowest BCUT2D eigenvalue weighted by Gasteiger charge is -2.12. The third kappa shape index (κ3) is 3.67. The summed E-state index contributed by atoms with van der Waals surface area (Å²) >= 11 is 0. The zero-order valence-corrected chi connectivity index (χ0v) is 10.4. The van der Waals surface area contributed by atoms with Crippen LogP contribution in [-0.4, -0.2) is 31.8 Å². The fourth-order valence-electron chi connectivity index (χ4n) is 1.14. The summed E-state index contributed by atoms with van der Waals surface area (Å²) in [4.78, 5) is 12.5. The summed E-state index contributed by atoms with van der Waals surface area (Å²) < 4.78 is 66.4. The molecular weight excluding hydrogens is 311 g/mol. The molecule has 0 unspecified atom stereocenters. The van der Waals surface area contributed by atoms with Crippen LogP contribution in [-0.2, 0) is 10.0 Å². The molecule has 0 spiro atoms. The van der Waals surface area contributed by atoms with Crippen molar-refractivity contribution in [3.63, 3.8) is 0 Å². The van der Waals surface area contributed by atoms with E-state index >= 15 is 0 Å². The summed E-state index contributed by atoms with van der Waals surface area (Å²) in [6, 6.07) is 0.207. The number of hydrogen-bond donors (Lipinski definition) is 1. The Hall–Kier alpha value is -2.15. The van der Waals surface area contributed by atoms with Crippen molar-refractivity contribution >= 4 is 15.7 Å². The van der Waals surface area contributed by atoms with E-state index < -0.39 is 43.7 Å². The van der Waals surface area contributed by atoms with Gasteiger partial charge < -0.3 is 9.47 Å². The minimum Gasteiger partial charge on any atom is -0.478 e. The van der Waals surface area contributed by atoms with E-state index in [-0.39, 0.29) is 6.07 Å². The van der Waals surface area contributed by atoms with Gasteiger partial charge in [-0.05, 0) is 0 Å². The predicted octanol–water partition coefficient (Wildman–Crippen LogP) is 0.544. The zero-order valence-electron chi connectivity index (χ0n) is 9.54. The molecule has 13 heteroatoms. The fourth-order valence-corrected chi connectivity index (χ4v) is 1.77. The van der Waals surface area contributed by atoms with E-state index in [1.807, 2.05) is 0 Å². The summed E-state index contributed by atoms with van der Waals surface area (Å²) in [6.07, 6.45) is -5.17. The first-order valence-electron chi connectivity index (χ1n) is 4.47. The van der Waals surface area contributed by atoms with E-state index in [2.05, 4.69) is 19.6 Å². The third-order valence-corrected chi connectivity index (χ3v) is 2.63. The van der Waals surface area contributed by atoms with Crippen molar-refractivity contribution in [2.24, 2.45) is 5.14 Å². The van der Waals surface area contributed by atoms with Gasteiger partial charge in [0.15, 0.2) is 5.75 Å². The Labute approximate surface area is 109 Å². The quantitative estimate of drug-likeness (QED) is 0.632. The van der Waals surface area contributed by atoms with Gasteiger partial charge in [0.25, 0.3) is 20.9 Å². The average molecular weight is 317 g/mol. The highest BCUT2D eigenvalue weighted by molar-refractivity contribution is 7.89. The fraction of sp³-hybridized carbons (Fsp3) is 0.286. The van der Waals surface area contributed by atoms with Gasteiger partial charge in [-0.15, -0.1) is 13.2 Å². The number of methoxy groups -OCH3 is 1. The number of nitro groups is 1. The molecule has 0 radical (unpaired) electrons. The molecule has 0 saturated carbocycles.